The highest BCUT2D eigenvalue weighted by molar-refractivity contribution is 9.10. The molecule has 0 atom stereocenters. The van der Waals surface area contributed by atoms with Gasteiger partial charge in [-0.25, -0.2) is 9.79 Å². The topological polar surface area (TPSA) is 91.0 Å². The van der Waals surface area contributed by atoms with E-state index in [0.717, 1.165) is 10.0 Å². The zero-order valence-electron chi connectivity index (χ0n) is 13.9. The molecular formula is C18H13BrN2O5. The van der Waals surface area contributed by atoms with Gasteiger partial charge < -0.3 is 9.47 Å². The number of cyclic esters (lactones) is 1. The van der Waals surface area contributed by atoms with E-state index in [1.807, 2.05) is 0 Å². The highest BCUT2D eigenvalue weighted by Crippen LogP contribution is 2.29. The molecule has 0 bridgehead atoms. The van der Waals surface area contributed by atoms with E-state index < -0.39 is 10.9 Å². The second kappa shape index (κ2) is 7.09. The Balaban J connectivity index is 2.07. The zero-order chi connectivity index (χ0) is 18.8. The Morgan fingerprint density at radius 3 is 2.73 bits per heavy atom. The third kappa shape index (κ3) is 3.50. The molecule has 0 aromatic heterocycles. The van der Waals surface area contributed by atoms with Gasteiger partial charge in [0.15, 0.2) is 5.70 Å². The monoisotopic (exact) mass is 416 g/mol. The fraction of sp³-hybridized carbons (Fsp3) is 0.111. The highest BCUT2D eigenvalue weighted by Gasteiger charge is 2.29. The molecule has 0 N–H and O–H groups in total. The molecule has 0 saturated heterocycles. The largest absolute Gasteiger partial charge is 0.496 e. The van der Waals surface area contributed by atoms with Gasteiger partial charge in [-0.1, -0.05) is 22.0 Å². The molecule has 3 rings (SSSR count). The molecule has 0 amide bonds. The predicted octanol–water partition coefficient (Wildman–Crippen LogP) is 4.02. The summed E-state index contributed by atoms with van der Waals surface area (Å²) >= 11 is 3.36. The van der Waals surface area contributed by atoms with E-state index in [1.165, 1.54) is 19.3 Å². The minimum atomic E-state index is -0.683. The SMILES string of the molecule is COc1ccc(Br)cc1/C=C1/N=C(c2cc(C)ccc2[N+](=O)[O-])OC1=O. The van der Waals surface area contributed by atoms with Crippen LogP contribution in [0.1, 0.15) is 16.7 Å². The maximum Gasteiger partial charge on any atom is 0.363 e. The summed E-state index contributed by atoms with van der Waals surface area (Å²) in [4.78, 5) is 27.0. The van der Waals surface area contributed by atoms with E-state index >= 15 is 0 Å². The molecule has 26 heavy (non-hydrogen) atoms. The van der Waals surface area contributed by atoms with E-state index in [4.69, 9.17) is 9.47 Å². The van der Waals surface area contributed by atoms with Crippen molar-refractivity contribution < 1.29 is 19.2 Å². The number of hydrogen-bond acceptors (Lipinski definition) is 6. The molecule has 1 aliphatic rings. The second-order valence-corrected chi connectivity index (χ2v) is 6.42. The van der Waals surface area contributed by atoms with Crippen LogP contribution < -0.4 is 4.74 Å². The van der Waals surface area contributed by atoms with Crippen molar-refractivity contribution in [2.24, 2.45) is 4.99 Å². The van der Waals surface area contributed by atoms with Crippen LogP contribution in [0.4, 0.5) is 5.69 Å². The first-order valence-corrected chi connectivity index (χ1v) is 8.30. The number of nitro benzene ring substituents is 1. The Bertz CT molecular complexity index is 982. The molecule has 0 fully saturated rings. The third-order valence-electron chi connectivity index (χ3n) is 3.68. The van der Waals surface area contributed by atoms with Gasteiger partial charge in [-0.05, 0) is 42.8 Å². The number of esters is 1. The van der Waals surface area contributed by atoms with Crippen molar-refractivity contribution in [2.75, 3.05) is 7.11 Å². The maximum atomic E-state index is 12.2. The Morgan fingerprint density at radius 2 is 2.04 bits per heavy atom. The number of rotatable bonds is 4. The normalized spacial score (nSPS) is 15.0. The molecule has 1 aliphatic heterocycles. The lowest BCUT2D eigenvalue weighted by molar-refractivity contribution is -0.385. The number of carbonyl (C=O) groups is 1. The zero-order valence-corrected chi connectivity index (χ0v) is 15.4. The van der Waals surface area contributed by atoms with Gasteiger partial charge in [0.05, 0.1) is 12.0 Å². The standard InChI is InChI=1S/C18H13BrN2O5/c1-10-3-5-15(21(23)24)13(7-10)17-20-14(18(22)26-17)9-11-8-12(19)4-6-16(11)25-2/h3-9H,1-2H3/b14-9+. The van der Waals surface area contributed by atoms with Crippen LogP contribution in [0, 0.1) is 17.0 Å². The van der Waals surface area contributed by atoms with Gasteiger partial charge in [0.2, 0.25) is 5.90 Å². The Hall–Kier alpha value is -3.00. The lowest BCUT2D eigenvalue weighted by Crippen LogP contribution is -2.08. The smallest absolute Gasteiger partial charge is 0.363 e. The molecule has 8 heteroatoms. The van der Waals surface area contributed by atoms with Crippen molar-refractivity contribution >= 4 is 39.6 Å². The molecule has 7 nitrogen and oxygen atoms in total. The van der Waals surface area contributed by atoms with Gasteiger partial charge in [0.25, 0.3) is 5.69 Å². The van der Waals surface area contributed by atoms with Crippen LogP contribution >= 0.6 is 15.9 Å². The van der Waals surface area contributed by atoms with Gasteiger partial charge in [-0.3, -0.25) is 10.1 Å². The van der Waals surface area contributed by atoms with Gasteiger partial charge >= 0.3 is 5.97 Å². The fourth-order valence-electron chi connectivity index (χ4n) is 2.47. The third-order valence-corrected chi connectivity index (χ3v) is 4.18. The first-order chi connectivity index (χ1) is 12.4. The highest BCUT2D eigenvalue weighted by atomic mass is 79.9. The molecule has 0 unspecified atom stereocenters. The molecule has 0 spiro atoms. The number of halogens is 1. The molecule has 0 aliphatic carbocycles. The van der Waals surface area contributed by atoms with Crippen LogP contribution in [0.5, 0.6) is 5.75 Å². The van der Waals surface area contributed by atoms with Crippen LogP contribution in [-0.4, -0.2) is 23.9 Å². The number of methoxy groups -OCH3 is 1. The summed E-state index contributed by atoms with van der Waals surface area (Å²) in [5, 5.41) is 11.2. The van der Waals surface area contributed by atoms with Gasteiger partial charge in [-0.2, -0.15) is 0 Å². The maximum absolute atomic E-state index is 12.2. The number of ether oxygens (including phenoxy) is 2. The average molecular weight is 417 g/mol. The number of nitro groups is 1. The molecule has 132 valence electrons. The summed E-state index contributed by atoms with van der Waals surface area (Å²) in [6.45, 7) is 1.79. The van der Waals surface area contributed by atoms with E-state index in [-0.39, 0.29) is 22.8 Å². The molecule has 0 radical (unpaired) electrons. The quantitative estimate of drug-likeness (QED) is 0.324. The number of nitrogens with zero attached hydrogens (tertiary/aromatic N) is 2. The number of benzene rings is 2. The van der Waals surface area contributed by atoms with Crippen LogP contribution in [0.25, 0.3) is 6.08 Å². The minimum Gasteiger partial charge on any atom is -0.496 e. The molecule has 2 aromatic rings. The molecule has 0 saturated carbocycles. The summed E-state index contributed by atoms with van der Waals surface area (Å²) in [6, 6.07) is 9.85. The molecule has 2 aromatic carbocycles. The van der Waals surface area contributed by atoms with Crippen molar-refractivity contribution in [3.05, 3.63) is 73.4 Å². The summed E-state index contributed by atoms with van der Waals surface area (Å²) in [6.07, 6.45) is 1.51. The predicted molar refractivity (Wildman–Crippen MR) is 99.1 cm³/mol. The number of hydrogen-bond donors (Lipinski definition) is 0. The van der Waals surface area contributed by atoms with E-state index in [0.29, 0.717) is 11.3 Å². The van der Waals surface area contributed by atoms with Crippen molar-refractivity contribution in [1.82, 2.24) is 0 Å². The summed E-state index contributed by atoms with van der Waals surface area (Å²) < 4.78 is 11.2. The van der Waals surface area contributed by atoms with Gasteiger partial charge in [0.1, 0.15) is 11.3 Å². The Labute approximate surface area is 157 Å². The van der Waals surface area contributed by atoms with E-state index in [1.54, 1.807) is 37.3 Å². The van der Waals surface area contributed by atoms with Crippen molar-refractivity contribution in [3.8, 4) is 5.75 Å². The van der Waals surface area contributed by atoms with Crippen LogP contribution in [0.2, 0.25) is 0 Å². The van der Waals surface area contributed by atoms with Crippen molar-refractivity contribution in [3.63, 3.8) is 0 Å². The lowest BCUT2D eigenvalue weighted by Gasteiger charge is -2.04. The van der Waals surface area contributed by atoms with Crippen LogP contribution in [-0.2, 0) is 9.53 Å². The number of aliphatic imine (C=N–C) groups is 1. The molecule has 1 heterocycles. The first-order valence-electron chi connectivity index (χ1n) is 7.50. The minimum absolute atomic E-state index is 0.0344. The Kier molecular flexibility index (Phi) is 4.85. The van der Waals surface area contributed by atoms with Crippen LogP contribution in [0.15, 0.2) is 51.6 Å². The summed E-state index contributed by atoms with van der Waals surface area (Å²) in [5.74, 6) is -0.220. The summed E-state index contributed by atoms with van der Waals surface area (Å²) in [5.41, 5.74) is 1.43. The Morgan fingerprint density at radius 1 is 1.27 bits per heavy atom. The van der Waals surface area contributed by atoms with Gasteiger partial charge in [-0.15, -0.1) is 0 Å². The van der Waals surface area contributed by atoms with Crippen molar-refractivity contribution in [2.45, 2.75) is 6.92 Å². The van der Waals surface area contributed by atoms with Crippen molar-refractivity contribution in [1.29, 1.82) is 0 Å². The van der Waals surface area contributed by atoms with Gasteiger partial charge in [0, 0.05) is 16.1 Å². The first kappa shape index (κ1) is 17.8. The van der Waals surface area contributed by atoms with Crippen LogP contribution in [0.3, 0.4) is 0 Å². The van der Waals surface area contributed by atoms with E-state index in [9.17, 15) is 14.9 Å². The van der Waals surface area contributed by atoms with E-state index in [2.05, 4.69) is 20.9 Å². The lowest BCUT2D eigenvalue weighted by atomic mass is 10.1. The molecular weight excluding hydrogens is 404 g/mol. The number of carbonyl (C=O) groups excluding carboxylic acids is 1. The second-order valence-electron chi connectivity index (χ2n) is 5.50. The summed E-state index contributed by atoms with van der Waals surface area (Å²) in [7, 11) is 1.52. The fourth-order valence-corrected chi connectivity index (χ4v) is 2.85. The average Bonchev–Trinajstić information content (AvgIpc) is 2.95. The number of aryl methyl sites for hydroxylation is 1.